The van der Waals surface area contributed by atoms with Gasteiger partial charge in [0.15, 0.2) is 0 Å². The third-order valence-corrected chi connectivity index (χ3v) is 1.41. The maximum atomic E-state index is 10.9. The molecule has 0 heterocycles. The third kappa shape index (κ3) is 5.70. The molecule has 0 saturated carbocycles. The molecule has 0 unspecified atom stereocenters. The Bertz CT molecular complexity index is 156. The number of carbonyl (C=O) groups is 2. The minimum absolute atomic E-state index is 0.0287. The van der Waals surface area contributed by atoms with Gasteiger partial charge < -0.3 is 10.1 Å². The van der Waals surface area contributed by atoms with E-state index in [1.807, 2.05) is 6.92 Å². The first-order chi connectivity index (χ1) is 5.70. The Morgan fingerprint density at radius 1 is 1.42 bits per heavy atom. The molecule has 0 aliphatic heterocycles. The van der Waals surface area contributed by atoms with Crippen molar-refractivity contribution in [1.29, 1.82) is 0 Å². The molecule has 0 bridgehead atoms. The zero-order valence-electron chi connectivity index (χ0n) is 7.55. The molecular formula is C8H15NO3. The van der Waals surface area contributed by atoms with Gasteiger partial charge in [-0.1, -0.05) is 13.3 Å². The van der Waals surface area contributed by atoms with Crippen LogP contribution in [-0.2, 0) is 14.3 Å². The summed E-state index contributed by atoms with van der Waals surface area (Å²) in [4.78, 5) is 21.5. The SMILES string of the molecule is CCCCC(=O)NCC(=O)OC. The van der Waals surface area contributed by atoms with Crippen LogP contribution in [0.3, 0.4) is 0 Å². The Hall–Kier alpha value is -1.06. The normalized spacial score (nSPS) is 9.17. The van der Waals surface area contributed by atoms with Crippen LogP contribution in [0.1, 0.15) is 26.2 Å². The summed E-state index contributed by atoms with van der Waals surface area (Å²) in [6.45, 7) is 1.98. The van der Waals surface area contributed by atoms with Gasteiger partial charge in [-0.25, -0.2) is 0 Å². The van der Waals surface area contributed by atoms with E-state index in [1.165, 1.54) is 7.11 Å². The van der Waals surface area contributed by atoms with Crippen LogP contribution in [0.2, 0.25) is 0 Å². The molecule has 0 spiro atoms. The monoisotopic (exact) mass is 173 g/mol. The number of rotatable bonds is 5. The van der Waals surface area contributed by atoms with Gasteiger partial charge in [-0.15, -0.1) is 0 Å². The predicted octanol–water partition coefficient (Wildman–Crippen LogP) is 0.466. The van der Waals surface area contributed by atoms with Crippen LogP contribution >= 0.6 is 0 Å². The molecule has 0 fully saturated rings. The second kappa shape index (κ2) is 6.64. The minimum atomic E-state index is -0.417. The summed E-state index contributed by atoms with van der Waals surface area (Å²) in [5, 5.41) is 2.45. The largest absolute Gasteiger partial charge is 0.468 e. The molecular weight excluding hydrogens is 158 g/mol. The van der Waals surface area contributed by atoms with E-state index in [4.69, 9.17) is 0 Å². The van der Waals surface area contributed by atoms with E-state index in [9.17, 15) is 9.59 Å². The molecule has 0 saturated heterocycles. The molecule has 0 aromatic rings. The summed E-state index contributed by atoms with van der Waals surface area (Å²) in [6.07, 6.45) is 2.31. The van der Waals surface area contributed by atoms with E-state index in [0.717, 1.165) is 12.8 Å². The second-order valence-corrected chi connectivity index (χ2v) is 2.46. The topological polar surface area (TPSA) is 55.4 Å². The standard InChI is InChI=1S/C8H15NO3/c1-3-4-5-7(10)9-6-8(11)12-2/h3-6H2,1-2H3,(H,9,10). The minimum Gasteiger partial charge on any atom is -0.468 e. The van der Waals surface area contributed by atoms with Gasteiger partial charge in [0.1, 0.15) is 6.54 Å². The molecule has 0 rings (SSSR count). The van der Waals surface area contributed by atoms with Crippen LogP contribution in [-0.4, -0.2) is 25.5 Å². The Morgan fingerprint density at radius 2 is 2.08 bits per heavy atom. The molecule has 4 heteroatoms. The van der Waals surface area contributed by atoms with E-state index < -0.39 is 5.97 Å². The van der Waals surface area contributed by atoms with E-state index in [2.05, 4.69) is 10.1 Å². The molecule has 0 aromatic heterocycles. The van der Waals surface area contributed by atoms with Gasteiger partial charge in [-0.3, -0.25) is 9.59 Å². The molecule has 0 aromatic carbocycles. The van der Waals surface area contributed by atoms with Crippen molar-refractivity contribution in [3.05, 3.63) is 0 Å². The molecule has 1 N–H and O–H groups in total. The van der Waals surface area contributed by atoms with Crippen molar-refractivity contribution in [2.45, 2.75) is 26.2 Å². The summed E-state index contributed by atoms with van der Waals surface area (Å²) < 4.78 is 4.35. The highest BCUT2D eigenvalue weighted by atomic mass is 16.5. The molecule has 0 atom stereocenters. The average molecular weight is 173 g/mol. The molecule has 4 nitrogen and oxygen atoms in total. The lowest BCUT2D eigenvalue weighted by molar-refractivity contribution is -0.141. The highest BCUT2D eigenvalue weighted by molar-refractivity contribution is 5.81. The fourth-order valence-electron chi connectivity index (χ4n) is 0.669. The smallest absolute Gasteiger partial charge is 0.325 e. The molecule has 1 amide bonds. The lowest BCUT2D eigenvalue weighted by atomic mass is 10.2. The molecule has 0 aliphatic carbocycles. The first kappa shape index (κ1) is 10.9. The Kier molecular flexibility index (Phi) is 6.05. The number of hydrogen-bond donors (Lipinski definition) is 1. The van der Waals surface area contributed by atoms with Crippen LogP contribution in [0.15, 0.2) is 0 Å². The Balaban J connectivity index is 3.37. The summed E-state index contributed by atoms with van der Waals surface area (Å²) in [5.41, 5.74) is 0. The number of methoxy groups -OCH3 is 1. The van der Waals surface area contributed by atoms with Gasteiger partial charge in [-0.05, 0) is 6.42 Å². The van der Waals surface area contributed by atoms with Gasteiger partial charge in [0.2, 0.25) is 5.91 Å². The molecule has 12 heavy (non-hydrogen) atoms. The summed E-state index contributed by atoms with van der Waals surface area (Å²) >= 11 is 0. The van der Waals surface area contributed by atoms with Crippen LogP contribution in [0.4, 0.5) is 0 Å². The quantitative estimate of drug-likeness (QED) is 0.615. The van der Waals surface area contributed by atoms with Gasteiger partial charge >= 0.3 is 5.97 Å². The summed E-state index contributed by atoms with van der Waals surface area (Å²) in [6, 6.07) is 0. The van der Waals surface area contributed by atoms with Crippen molar-refractivity contribution < 1.29 is 14.3 Å². The predicted molar refractivity (Wildman–Crippen MR) is 44.6 cm³/mol. The van der Waals surface area contributed by atoms with Crippen molar-refractivity contribution >= 4 is 11.9 Å². The lowest BCUT2D eigenvalue weighted by Gasteiger charge is -2.01. The van der Waals surface area contributed by atoms with Crippen LogP contribution in [0.5, 0.6) is 0 Å². The Labute approximate surface area is 72.3 Å². The zero-order chi connectivity index (χ0) is 9.40. The fourth-order valence-corrected chi connectivity index (χ4v) is 0.669. The van der Waals surface area contributed by atoms with E-state index in [-0.39, 0.29) is 12.5 Å². The van der Waals surface area contributed by atoms with Crippen LogP contribution < -0.4 is 5.32 Å². The number of unbranched alkanes of at least 4 members (excludes halogenated alkanes) is 1. The zero-order valence-corrected chi connectivity index (χ0v) is 7.55. The van der Waals surface area contributed by atoms with Crippen molar-refractivity contribution in [3.63, 3.8) is 0 Å². The highest BCUT2D eigenvalue weighted by Gasteiger charge is 2.03. The van der Waals surface area contributed by atoms with E-state index in [0.29, 0.717) is 6.42 Å². The number of hydrogen-bond acceptors (Lipinski definition) is 3. The first-order valence-corrected chi connectivity index (χ1v) is 4.04. The Morgan fingerprint density at radius 3 is 2.58 bits per heavy atom. The lowest BCUT2D eigenvalue weighted by Crippen LogP contribution is -2.29. The van der Waals surface area contributed by atoms with Gasteiger partial charge in [-0.2, -0.15) is 0 Å². The van der Waals surface area contributed by atoms with Gasteiger partial charge in [0.25, 0.3) is 0 Å². The highest BCUT2D eigenvalue weighted by Crippen LogP contribution is 1.92. The van der Waals surface area contributed by atoms with E-state index in [1.54, 1.807) is 0 Å². The maximum Gasteiger partial charge on any atom is 0.325 e. The number of ether oxygens (including phenoxy) is 1. The molecule has 0 aliphatic rings. The van der Waals surface area contributed by atoms with E-state index >= 15 is 0 Å². The van der Waals surface area contributed by atoms with Gasteiger partial charge in [0, 0.05) is 6.42 Å². The number of esters is 1. The van der Waals surface area contributed by atoms with Crippen LogP contribution in [0.25, 0.3) is 0 Å². The number of nitrogens with one attached hydrogen (secondary N) is 1. The first-order valence-electron chi connectivity index (χ1n) is 4.04. The van der Waals surface area contributed by atoms with Crippen molar-refractivity contribution in [1.82, 2.24) is 5.32 Å². The number of amides is 1. The van der Waals surface area contributed by atoms with Crippen molar-refractivity contribution in [2.75, 3.05) is 13.7 Å². The van der Waals surface area contributed by atoms with Crippen LogP contribution in [0, 0.1) is 0 Å². The summed E-state index contributed by atoms with van der Waals surface area (Å²) in [5.74, 6) is -0.512. The second-order valence-electron chi connectivity index (χ2n) is 2.46. The molecule has 70 valence electrons. The number of carbonyl (C=O) groups excluding carboxylic acids is 2. The maximum absolute atomic E-state index is 10.9. The third-order valence-electron chi connectivity index (χ3n) is 1.41. The summed E-state index contributed by atoms with van der Waals surface area (Å²) in [7, 11) is 1.29. The van der Waals surface area contributed by atoms with Crippen molar-refractivity contribution in [3.8, 4) is 0 Å². The average Bonchev–Trinajstić information content (AvgIpc) is 2.10. The molecule has 0 radical (unpaired) electrons. The fraction of sp³-hybridized carbons (Fsp3) is 0.750. The van der Waals surface area contributed by atoms with Gasteiger partial charge in [0.05, 0.1) is 7.11 Å². The van der Waals surface area contributed by atoms with Crippen molar-refractivity contribution in [2.24, 2.45) is 0 Å².